The van der Waals surface area contributed by atoms with Gasteiger partial charge in [0.15, 0.2) is 0 Å². The Bertz CT molecular complexity index is 376. The molecule has 1 amide bonds. The summed E-state index contributed by atoms with van der Waals surface area (Å²) in [6.45, 7) is 5.10. The summed E-state index contributed by atoms with van der Waals surface area (Å²) in [5.74, 6) is 0.401. The van der Waals surface area contributed by atoms with Gasteiger partial charge in [0.05, 0.1) is 5.92 Å². The maximum absolute atomic E-state index is 11.9. The molecule has 0 radical (unpaired) electrons. The van der Waals surface area contributed by atoms with Gasteiger partial charge < -0.3 is 11.1 Å². The second-order valence-corrected chi connectivity index (χ2v) is 5.34. The molecule has 100 valence electrons. The van der Waals surface area contributed by atoms with Crippen LogP contribution in [-0.2, 0) is 11.3 Å². The van der Waals surface area contributed by atoms with Gasteiger partial charge in [-0.25, -0.2) is 0 Å². The van der Waals surface area contributed by atoms with E-state index in [4.69, 9.17) is 17.3 Å². The van der Waals surface area contributed by atoms with Crippen LogP contribution in [0.1, 0.15) is 25.8 Å². The van der Waals surface area contributed by atoms with Crippen molar-refractivity contribution in [1.29, 1.82) is 0 Å². The molecule has 3 nitrogen and oxygen atoms in total. The normalized spacial score (nSPS) is 12.5. The van der Waals surface area contributed by atoms with Crippen LogP contribution >= 0.6 is 11.6 Å². The molecule has 0 saturated carbocycles. The fourth-order valence-electron chi connectivity index (χ4n) is 1.82. The maximum Gasteiger partial charge on any atom is 0.224 e. The third-order valence-corrected chi connectivity index (χ3v) is 3.04. The van der Waals surface area contributed by atoms with Gasteiger partial charge in [-0.2, -0.15) is 0 Å². The molecule has 0 fully saturated rings. The van der Waals surface area contributed by atoms with Gasteiger partial charge in [0, 0.05) is 18.1 Å². The van der Waals surface area contributed by atoms with E-state index < -0.39 is 0 Å². The summed E-state index contributed by atoms with van der Waals surface area (Å²) in [4.78, 5) is 11.9. The third-order valence-electron chi connectivity index (χ3n) is 2.79. The molecule has 1 aromatic rings. The summed E-state index contributed by atoms with van der Waals surface area (Å²) in [5.41, 5.74) is 6.67. The summed E-state index contributed by atoms with van der Waals surface area (Å²) in [7, 11) is 0. The van der Waals surface area contributed by atoms with Crippen molar-refractivity contribution in [1.82, 2.24) is 5.32 Å². The van der Waals surface area contributed by atoms with E-state index in [1.165, 1.54) is 0 Å². The summed E-state index contributed by atoms with van der Waals surface area (Å²) in [6.07, 6.45) is 0.822. The van der Waals surface area contributed by atoms with Gasteiger partial charge in [0.1, 0.15) is 0 Å². The van der Waals surface area contributed by atoms with Crippen LogP contribution in [0, 0.1) is 11.8 Å². The van der Waals surface area contributed by atoms with Crippen LogP contribution in [0.3, 0.4) is 0 Å². The molecule has 0 unspecified atom stereocenters. The molecule has 0 aliphatic heterocycles. The highest BCUT2D eigenvalue weighted by Crippen LogP contribution is 2.12. The zero-order valence-electron chi connectivity index (χ0n) is 10.9. The predicted octanol–water partition coefficient (Wildman–Crippen LogP) is 2.58. The number of hydrogen-bond donors (Lipinski definition) is 2. The van der Waals surface area contributed by atoms with Crippen LogP contribution in [0.25, 0.3) is 0 Å². The Morgan fingerprint density at radius 2 is 1.94 bits per heavy atom. The minimum Gasteiger partial charge on any atom is -0.352 e. The maximum atomic E-state index is 11.9. The summed E-state index contributed by atoms with van der Waals surface area (Å²) in [6, 6.07) is 7.44. The molecule has 0 aliphatic carbocycles. The largest absolute Gasteiger partial charge is 0.352 e. The van der Waals surface area contributed by atoms with E-state index in [2.05, 4.69) is 19.2 Å². The van der Waals surface area contributed by atoms with E-state index >= 15 is 0 Å². The van der Waals surface area contributed by atoms with Crippen LogP contribution in [-0.4, -0.2) is 12.5 Å². The van der Waals surface area contributed by atoms with Gasteiger partial charge in [0.25, 0.3) is 0 Å². The van der Waals surface area contributed by atoms with Crippen molar-refractivity contribution >= 4 is 17.5 Å². The molecule has 0 aromatic heterocycles. The minimum atomic E-state index is -0.0997. The highest BCUT2D eigenvalue weighted by molar-refractivity contribution is 6.30. The first-order valence-electron chi connectivity index (χ1n) is 6.25. The molecule has 1 atom stereocenters. The Kier molecular flexibility index (Phi) is 6.16. The molecule has 0 aliphatic rings. The number of carbonyl (C=O) groups is 1. The molecule has 1 aromatic carbocycles. The van der Waals surface area contributed by atoms with Crippen molar-refractivity contribution in [3.8, 4) is 0 Å². The molecule has 0 saturated heterocycles. The zero-order valence-corrected chi connectivity index (χ0v) is 11.7. The zero-order chi connectivity index (χ0) is 13.5. The van der Waals surface area contributed by atoms with Crippen molar-refractivity contribution in [3.05, 3.63) is 34.9 Å². The van der Waals surface area contributed by atoms with Gasteiger partial charge in [-0.3, -0.25) is 4.79 Å². The molecule has 3 N–H and O–H groups in total. The molecular weight excluding hydrogens is 248 g/mol. The average molecular weight is 269 g/mol. The molecular formula is C14H21ClN2O. The Balaban J connectivity index is 2.46. The Hall–Kier alpha value is -1.06. The number of rotatable bonds is 6. The van der Waals surface area contributed by atoms with E-state index in [0.717, 1.165) is 12.0 Å². The molecule has 18 heavy (non-hydrogen) atoms. The topological polar surface area (TPSA) is 55.1 Å². The lowest BCUT2D eigenvalue weighted by Gasteiger charge is -2.16. The van der Waals surface area contributed by atoms with Crippen LogP contribution in [0.4, 0.5) is 0 Å². The summed E-state index contributed by atoms with van der Waals surface area (Å²) in [5, 5.41) is 3.61. The van der Waals surface area contributed by atoms with E-state index in [1.54, 1.807) is 0 Å². The van der Waals surface area contributed by atoms with Gasteiger partial charge in [-0.1, -0.05) is 37.6 Å². The lowest BCUT2D eigenvalue weighted by atomic mass is 9.96. The van der Waals surface area contributed by atoms with Crippen molar-refractivity contribution in [2.45, 2.75) is 26.8 Å². The summed E-state index contributed by atoms with van der Waals surface area (Å²) >= 11 is 5.80. The molecule has 0 bridgehead atoms. The van der Waals surface area contributed by atoms with Gasteiger partial charge in [-0.15, -0.1) is 0 Å². The average Bonchev–Trinajstić information content (AvgIpc) is 2.34. The quantitative estimate of drug-likeness (QED) is 0.833. The number of nitrogens with one attached hydrogen (secondary N) is 1. The predicted molar refractivity (Wildman–Crippen MR) is 75.3 cm³/mol. The smallest absolute Gasteiger partial charge is 0.224 e. The lowest BCUT2D eigenvalue weighted by molar-refractivity contribution is -0.125. The fourth-order valence-corrected chi connectivity index (χ4v) is 1.94. The van der Waals surface area contributed by atoms with Crippen LogP contribution in [0.2, 0.25) is 5.02 Å². The molecule has 1 rings (SSSR count). The number of nitrogens with two attached hydrogens (primary N) is 1. The minimum absolute atomic E-state index is 0.0288. The van der Waals surface area contributed by atoms with E-state index in [1.807, 2.05) is 24.3 Å². The van der Waals surface area contributed by atoms with Crippen LogP contribution in [0.5, 0.6) is 0 Å². The Morgan fingerprint density at radius 3 is 2.44 bits per heavy atom. The van der Waals surface area contributed by atoms with E-state index in [9.17, 15) is 4.79 Å². The second-order valence-electron chi connectivity index (χ2n) is 4.91. The van der Waals surface area contributed by atoms with Gasteiger partial charge in [-0.05, 0) is 30.0 Å². The number of benzene rings is 1. The van der Waals surface area contributed by atoms with Crippen molar-refractivity contribution in [3.63, 3.8) is 0 Å². The van der Waals surface area contributed by atoms with Gasteiger partial charge >= 0.3 is 0 Å². The van der Waals surface area contributed by atoms with Gasteiger partial charge in [0.2, 0.25) is 5.91 Å². The number of halogens is 1. The molecule has 0 spiro atoms. The van der Waals surface area contributed by atoms with Crippen LogP contribution < -0.4 is 11.1 Å². The Labute approximate surface area is 114 Å². The molecule has 0 heterocycles. The monoisotopic (exact) mass is 268 g/mol. The van der Waals surface area contributed by atoms with Crippen molar-refractivity contribution in [2.75, 3.05) is 6.54 Å². The first-order valence-corrected chi connectivity index (χ1v) is 6.63. The third kappa shape index (κ3) is 5.07. The lowest BCUT2D eigenvalue weighted by Crippen LogP contribution is -2.35. The van der Waals surface area contributed by atoms with E-state index in [-0.39, 0.29) is 11.8 Å². The van der Waals surface area contributed by atoms with E-state index in [0.29, 0.717) is 24.0 Å². The number of hydrogen-bond acceptors (Lipinski definition) is 2. The highest BCUT2D eigenvalue weighted by atomic mass is 35.5. The standard InChI is InChI=1S/C14H21ClN2O/c1-10(2)7-12(8-16)14(18)17-9-11-3-5-13(15)6-4-11/h3-6,10,12H,7-9,16H2,1-2H3,(H,17,18)/t12-/m0/s1. The number of carbonyl (C=O) groups excluding carboxylic acids is 1. The highest BCUT2D eigenvalue weighted by Gasteiger charge is 2.17. The molecule has 4 heteroatoms. The van der Waals surface area contributed by atoms with Crippen molar-refractivity contribution in [2.24, 2.45) is 17.6 Å². The SMILES string of the molecule is CC(C)C[C@@H](CN)C(=O)NCc1ccc(Cl)cc1. The Morgan fingerprint density at radius 1 is 1.33 bits per heavy atom. The van der Waals surface area contributed by atoms with Crippen molar-refractivity contribution < 1.29 is 4.79 Å². The van der Waals surface area contributed by atoms with Crippen LogP contribution in [0.15, 0.2) is 24.3 Å². The first kappa shape index (κ1) is 15.0. The fraction of sp³-hybridized carbons (Fsp3) is 0.500. The second kappa shape index (κ2) is 7.39. The number of amides is 1. The summed E-state index contributed by atoms with van der Waals surface area (Å²) < 4.78 is 0. The first-order chi connectivity index (χ1) is 8.52.